The zero-order valence-corrected chi connectivity index (χ0v) is 12.1. The summed E-state index contributed by atoms with van der Waals surface area (Å²) in [4.78, 5) is 4.39. The van der Waals surface area contributed by atoms with Crippen LogP contribution in [0.1, 0.15) is 17.4 Å². The molecule has 1 atom stereocenters. The molecule has 21 heavy (non-hydrogen) atoms. The van der Waals surface area contributed by atoms with Crippen molar-refractivity contribution in [3.05, 3.63) is 72.2 Å². The summed E-state index contributed by atoms with van der Waals surface area (Å²) >= 11 is 0. The number of benzene rings is 1. The summed E-state index contributed by atoms with van der Waals surface area (Å²) in [6.07, 6.45) is 4.00. The molecule has 0 fully saturated rings. The fourth-order valence-corrected chi connectivity index (χ4v) is 2.45. The monoisotopic (exact) mass is 281 g/mol. The molecule has 4 heteroatoms. The van der Waals surface area contributed by atoms with Gasteiger partial charge in [0, 0.05) is 26.4 Å². The topological polar surface area (TPSA) is 38.6 Å². The highest BCUT2D eigenvalue weighted by Gasteiger charge is 2.10. The van der Waals surface area contributed by atoms with Crippen LogP contribution in [0.2, 0.25) is 0 Å². The minimum atomic E-state index is 0.0605. The maximum Gasteiger partial charge on any atom is 0.136 e. The molecule has 1 N–H and O–H groups in total. The van der Waals surface area contributed by atoms with E-state index in [2.05, 4.69) is 26.8 Å². The fourth-order valence-electron chi connectivity index (χ4n) is 2.45. The van der Waals surface area contributed by atoms with Crippen molar-refractivity contribution in [1.82, 2.24) is 14.7 Å². The van der Waals surface area contributed by atoms with E-state index in [0.29, 0.717) is 0 Å². The first kappa shape index (κ1) is 13.8. The molecular formula is C17H19N3O. The van der Waals surface area contributed by atoms with Gasteiger partial charge < -0.3 is 14.5 Å². The third-order valence-corrected chi connectivity index (χ3v) is 3.59. The van der Waals surface area contributed by atoms with Gasteiger partial charge in [0.2, 0.25) is 0 Å². The molecule has 0 bridgehead atoms. The Morgan fingerprint density at radius 1 is 1.14 bits per heavy atom. The molecule has 0 spiro atoms. The summed E-state index contributed by atoms with van der Waals surface area (Å²) in [6.45, 7) is 1.53. The van der Waals surface area contributed by atoms with Gasteiger partial charge in [-0.1, -0.05) is 36.4 Å². The normalized spacial score (nSPS) is 12.6. The van der Waals surface area contributed by atoms with E-state index in [1.165, 1.54) is 5.56 Å². The molecule has 0 saturated carbocycles. The summed E-state index contributed by atoms with van der Waals surface area (Å²) in [5, 5.41) is 3.44. The first-order chi connectivity index (χ1) is 10.4. The average molecular weight is 281 g/mol. The predicted octanol–water partition coefficient (Wildman–Crippen LogP) is 2.81. The highest BCUT2D eigenvalue weighted by molar-refractivity contribution is 5.39. The van der Waals surface area contributed by atoms with Crippen LogP contribution >= 0.6 is 0 Å². The Kier molecular flexibility index (Phi) is 4.28. The number of aromatic nitrogens is 2. The highest BCUT2D eigenvalue weighted by Crippen LogP contribution is 2.15. The Hall–Kier alpha value is -2.17. The summed E-state index contributed by atoms with van der Waals surface area (Å²) in [5.74, 6) is 0. The van der Waals surface area contributed by atoms with Crippen molar-refractivity contribution in [3.8, 4) is 0 Å². The van der Waals surface area contributed by atoms with Crippen molar-refractivity contribution in [3.63, 3.8) is 0 Å². The van der Waals surface area contributed by atoms with Gasteiger partial charge in [-0.15, -0.1) is 0 Å². The van der Waals surface area contributed by atoms with Crippen molar-refractivity contribution in [1.29, 1.82) is 0 Å². The summed E-state index contributed by atoms with van der Waals surface area (Å²) < 4.78 is 7.65. The van der Waals surface area contributed by atoms with Crippen LogP contribution in [0.15, 0.2) is 60.9 Å². The van der Waals surface area contributed by atoms with Gasteiger partial charge >= 0.3 is 0 Å². The number of nitrogens with zero attached hydrogens (tertiary/aromatic N) is 2. The Labute approximate surface area is 124 Å². The van der Waals surface area contributed by atoms with Crippen molar-refractivity contribution < 1.29 is 4.74 Å². The SMILES string of the molecule is COC(CNCc1cnc2ccccn12)c1ccccc1. The molecule has 2 aromatic heterocycles. The lowest BCUT2D eigenvalue weighted by atomic mass is 10.1. The Balaban J connectivity index is 1.63. The summed E-state index contributed by atoms with van der Waals surface area (Å²) in [6, 6.07) is 16.3. The van der Waals surface area contributed by atoms with Gasteiger partial charge in [-0.3, -0.25) is 0 Å². The predicted molar refractivity (Wildman–Crippen MR) is 83.1 cm³/mol. The van der Waals surface area contributed by atoms with Gasteiger partial charge in [0.1, 0.15) is 5.65 Å². The number of methoxy groups -OCH3 is 1. The second-order valence-electron chi connectivity index (χ2n) is 4.94. The molecule has 0 saturated heterocycles. The molecule has 0 aliphatic heterocycles. The standard InChI is InChI=1S/C17H19N3O/c1-21-16(14-7-3-2-4-8-14)13-18-11-15-12-19-17-9-5-6-10-20(15)17/h2-10,12,16,18H,11,13H2,1H3. The number of hydrogen-bond donors (Lipinski definition) is 1. The maximum atomic E-state index is 5.56. The summed E-state index contributed by atoms with van der Waals surface area (Å²) in [5.41, 5.74) is 3.31. The van der Waals surface area contributed by atoms with Gasteiger partial charge in [0.15, 0.2) is 0 Å². The Morgan fingerprint density at radius 2 is 1.95 bits per heavy atom. The molecule has 2 heterocycles. The van der Waals surface area contributed by atoms with Crippen molar-refractivity contribution >= 4 is 5.65 Å². The maximum absolute atomic E-state index is 5.56. The molecule has 0 amide bonds. The summed E-state index contributed by atoms with van der Waals surface area (Å²) in [7, 11) is 1.74. The van der Waals surface area contributed by atoms with Crippen LogP contribution in [-0.2, 0) is 11.3 Å². The van der Waals surface area contributed by atoms with Crippen LogP contribution in [0.25, 0.3) is 5.65 Å². The second kappa shape index (κ2) is 6.52. The van der Waals surface area contributed by atoms with Gasteiger partial charge in [0.25, 0.3) is 0 Å². The largest absolute Gasteiger partial charge is 0.375 e. The lowest BCUT2D eigenvalue weighted by molar-refractivity contribution is 0.102. The van der Waals surface area contributed by atoms with E-state index in [-0.39, 0.29) is 6.10 Å². The molecule has 3 aromatic rings. The number of ether oxygens (including phenoxy) is 1. The third kappa shape index (κ3) is 3.12. The minimum absolute atomic E-state index is 0.0605. The van der Waals surface area contributed by atoms with Gasteiger partial charge in [-0.25, -0.2) is 4.98 Å². The average Bonchev–Trinajstić information content (AvgIpc) is 2.96. The van der Waals surface area contributed by atoms with E-state index >= 15 is 0 Å². The molecular weight excluding hydrogens is 262 g/mol. The van der Waals surface area contributed by atoms with E-state index in [9.17, 15) is 0 Å². The molecule has 1 aromatic carbocycles. The van der Waals surface area contributed by atoms with E-state index in [0.717, 1.165) is 24.4 Å². The van der Waals surface area contributed by atoms with Crippen molar-refractivity contribution in [2.75, 3.05) is 13.7 Å². The first-order valence-corrected chi connectivity index (χ1v) is 7.08. The van der Waals surface area contributed by atoms with Gasteiger partial charge in [-0.05, 0) is 17.7 Å². The number of imidazole rings is 1. The molecule has 3 rings (SSSR count). The first-order valence-electron chi connectivity index (χ1n) is 7.08. The minimum Gasteiger partial charge on any atom is -0.375 e. The van der Waals surface area contributed by atoms with E-state index < -0.39 is 0 Å². The number of pyridine rings is 1. The molecule has 0 radical (unpaired) electrons. The van der Waals surface area contributed by atoms with Crippen LogP contribution in [0.5, 0.6) is 0 Å². The fraction of sp³-hybridized carbons (Fsp3) is 0.235. The van der Waals surface area contributed by atoms with Crippen LogP contribution < -0.4 is 5.32 Å². The van der Waals surface area contributed by atoms with Crippen LogP contribution in [0, 0.1) is 0 Å². The van der Waals surface area contributed by atoms with Crippen LogP contribution in [-0.4, -0.2) is 23.0 Å². The molecule has 1 unspecified atom stereocenters. The number of nitrogens with one attached hydrogen (secondary N) is 1. The lowest BCUT2D eigenvalue weighted by Crippen LogP contribution is -2.23. The quantitative estimate of drug-likeness (QED) is 0.755. The Morgan fingerprint density at radius 3 is 2.76 bits per heavy atom. The highest BCUT2D eigenvalue weighted by atomic mass is 16.5. The van der Waals surface area contributed by atoms with E-state index in [1.807, 2.05) is 48.8 Å². The lowest BCUT2D eigenvalue weighted by Gasteiger charge is -2.16. The van der Waals surface area contributed by atoms with E-state index in [4.69, 9.17) is 4.74 Å². The van der Waals surface area contributed by atoms with Crippen molar-refractivity contribution in [2.24, 2.45) is 0 Å². The third-order valence-electron chi connectivity index (χ3n) is 3.59. The Bertz CT molecular complexity index is 693. The molecule has 108 valence electrons. The zero-order chi connectivity index (χ0) is 14.5. The van der Waals surface area contributed by atoms with E-state index in [1.54, 1.807) is 7.11 Å². The molecule has 0 aliphatic carbocycles. The van der Waals surface area contributed by atoms with Crippen LogP contribution in [0.4, 0.5) is 0 Å². The number of rotatable bonds is 6. The van der Waals surface area contributed by atoms with Crippen LogP contribution in [0.3, 0.4) is 0 Å². The van der Waals surface area contributed by atoms with Gasteiger partial charge in [-0.2, -0.15) is 0 Å². The second-order valence-corrected chi connectivity index (χ2v) is 4.94. The number of fused-ring (bicyclic) bond motifs is 1. The molecule has 0 aliphatic rings. The molecule has 4 nitrogen and oxygen atoms in total. The van der Waals surface area contributed by atoms with Crippen molar-refractivity contribution in [2.45, 2.75) is 12.6 Å². The zero-order valence-electron chi connectivity index (χ0n) is 12.1. The number of hydrogen-bond acceptors (Lipinski definition) is 3. The smallest absolute Gasteiger partial charge is 0.136 e. The van der Waals surface area contributed by atoms with Gasteiger partial charge in [0.05, 0.1) is 18.0 Å².